The summed E-state index contributed by atoms with van der Waals surface area (Å²) in [6, 6.07) is 10.4. The van der Waals surface area contributed by atoms with Crippen LogP contribution in [0, 0.1) is 17.8 Å². The Bertz CT molecular complexity index is 1080. The van der Waals surface area contributed by atoms with Crippen molar-refractivity contribution in [3.05, 3.63) is 71.8 Å². The fraction of sp³-hybridized carbons (Fsp3) is 0.261. The number of hydrogen-bond acceptors (Lipinski definition) is 3. The van der Waals surface area contributed by atoms with Gasteiger partial charge >= 0.3 is 6.18 Å². The Morgan fingerprint density at radius 2 is 1.71 bits per heavy atom. The molecule has 2 aliphatic rings. The standard InChI is InChI=1S/C23H19F3N2O3/c1-13-5-4-6-16-19(13)22(31)28(21(16)30)15-11-9-14(10-12-15)20(29)27-18-8-3-2-7-17(18)23(24,25)26/h2-5,7-13,16,19H,6H2,1H3,(H,27,29)/t13-,16-,19+/m1/s1. The summed E-state index contributed by atoms with van der Waals surface area (Å²) in [4.78, 5) is 39.2. The lowest BCUT2D eigenvalue weighted by Gasteiger charge is -2.22. The number of halogens is 3. The SMILES string of the molecule is C[C@@H]1C=CC[C@H]2C(=O)N(c3ccc(C(=O)Nc4ccccc4C(F)(F)F)cc3)C(=O)[C@@H]12. The Morgan fingerprint density at radius 1 is 1.03 bits per heavy atom. The highest BCUT2D eigenvalue weighted by Gasteiger charge is 2.50. The van der Waals surface area contributed by atoms with Crippen LogP contribution in [0.5, 0.6) is 0 Å². The maximum Gasteiger partial charge on any atom is 0.418 e. The van der Waals surface area contributed by atoms with Crippen LogP contribution in [0.3, 0.4) is 0 Å². The molecule has 0 bridgehead atoms. The first-order chi connectivity index (χ1) is 14.7. The lowest BCUT2D eigenvalue weighted by Crippen LogP contribution is -2.31. The predicted molar refractivity (Wildman–Crippen MR) is 108 cm³/mol. The molecule has 0 unspecified atom stereocenters. The first-order valence-electron chi connectivity index (χ1n) is 9.80. The summed E-state index contributed by atoms with van der Waals surface area (Å²) in [5, 5.41) is 2.27. The van der Waals surface area contributed by atoms with E-state index in [4.69, 9.17) is 0 Å². The highest BCUT2D eigenvalue weighted by Crippen LogP contribution is 2.40. The van der Waals surface area contributed by atoms with Gasteiger partial charge < -0.3 is 5.32 Å². The summed E-state index contributed by atoms with van der Waals surface area (Å²) in [6.45, 7) is 1.90. The van der Waals surface area contributed by atoms with Crippen molar-refractivity contribution in [2.45, 2.75) is 19.5 Å². The maximum atomic E-state index is 13.1. The molecule has 2 aromatic rings. The molecular weight excluding hydrogens is 409 g/mol. The predicted octanol–water partition coefficient (Wildman–Crippen LogP) is 4.66. The Morgan fingerprint density at radius 3 is 2.35 bits per heavy atom. The fourth-order valence-electron chi connectivity index (χ4n) is 4.20. The quantitative estimate of drug-likeness (QED) is 0.571. The average molecular weight is 428 g/mol. The van der Waals surface area contributed by atoms with Gasteiger partial charge in [0.2, 0.25) is 11.8 Å². The second kappa shape index (κ2) is 7.68. The smallest absolute Gasteiger partial charge is 0.321 e. The number of anilines is 2. The molecule has 0 radical (unpaired) electrons. The summed E-state index contributed by atoms with van der Waals surface area (Å²) in [6.07, 6.45) is -0.253. The largest absolute Gasteiger partial charge is 0.418 e. The number of benzene rings is 2. The van der Waals surface area contributed by atoms with Crippen molar-refractivity contribution in [2.24, 2.45) is 17.8 Å². The molecule has 3 atom stereocenters. The third-order valence-electron chi connectivity index (χ3n) is 5.74. The number of amides is 3. The number of allylic oxidation sites excluding steroid dienone is 2. The molecule has 0 spiro atoms. The third kappa shape index (κ3) is 3.73. The molecule has 1 saturated heterocycles. The molecule has 1 aliphatic heterocycles. The minimum atomic E-state index is -4.60. The molecule has 4 rings (SSSR count). The second-order valence-corrected chi connectivity index (χ2v) is 7.71. The van der Waals surface area contributed by atoms with E-state index in [1.807, 2.05) is 19.1 Å². The maximum absolute atomic E-state index is 13.1. The Kier molecular flexibility index (Phi) is 5.16. The number of fused-ring (bicyclic) bond motifs is 1. The van der Waals surface area contributed by atoms with Gasteiger partial charge in [-0.05, 0) is 48.7 Å². The van der Waals surface area contributed by atoms with E-state index in [9.17, 15) is 27.6 Å². The molecule has 1 aliphatic carbocycles. The van der Waals surface area contributed by atoms with Crippen molar-refractivity contribution in [3.63, 3.8) is 0 Å². The molecule has 5 nitrogen and oxygen atoms in total. The molecular formula is C23H19F3N2O3. The number of nitrogens with zero attached hydrogens (tertiary/aromatic N) is 1. The van der Waals surface area contributed by atoms with Crippen LogP contribution >= 0.6 is 0 Å². The van der Waals surface area contributed by atoms with Crippen LogP contribution in [-0.4, -0.2) is 17.7 Å². The lowest BCUT2D eigenvalue weighted by molar-refractivity contribution is -0.137. The van der Waals surface area contributed by atoms with Gasteiger partial charge in [-0.1, -0.05) is 31.2 Å². The molecule has 2 aromatic carbocycles. The molecule has 1 fully saturated rings. The van der Waals surface area contributed by atoms with E-state index in [0.717, 1.165) is 11.0 Å². The van der Waals surface area contributed by atoms with Crippen molar-refractivity contribution in [2.75, 3.05) is 10.2 Å². The molecule has 1 heterocycles. The van der Waals surface area contributed by atoms with Crippen LogP contribution < -0.4 is 10.2 Å². The van der Waals surface area contributed by atoms with Gasteiger partial charge in [0.05, 0.1) is 28.8 Å². The minimum Gasteiger partial charge on any atom is -0.321 e. The van der Waals surface area contributed by atoms with Crippen LogP contribution in [0.15, 0.2) is 60.7 Å². The minimum absolute atomic E-state index is 0.0426. The fourth-order valence-corrected chi connectivity index (χ4v) is 4.20. The zero-order valence-corrected chi connectivity index (χ0v) is 16.5. The van der Waals surface area contributed by atoms with Gasteiger partial charge in [-0.2, -0.15) is 13.2 Å². The van der Waals surface area contributed by atoms with Crippen molar-refractivity contribution in [1.29, 1.82) is 0 Å². The van der Waals surface area contributed by atoms with E-state index in [1.54, 1.807) is 0 Å². The molecule has 160 valence electrons. The van der Waals surface area contributed by atoms with E-state index in [2.05, 4.69) is 5.32 Å². The summed E-state index contributed by atoms with van der Waals surface area (Å²) in [5.41, 5.74) is -0.853. The van der Waals surface area contributed by atoms with E-state index >= 15 is 0 Å². The number of hydrogen-bond donors (Lipinski definition) is 1. The van der Waals surface area contributed by atoms with E-state index in [0.29, 0.717) is 12.1 Å². The number of carbonyl (C=O) groups excluding carboxylic acids is 3. The summed E-state index contributed by atoms with van der Waals surface area (Å²) >= 11 is 0. The molecule has 0 saturated carbocycles. The number of imide groups is 1. The molecule has 1 N–H and O–H groups in total. The monoisotopic (exact) mass is 428 g/mol. The Hall–Kier alpha value is -3.42. The Labute approximate surface area is 176 Å². The van der Waals surface area contributed by atoms with Crippen molar-refractivity contribution in [1.82, 2.24) is 0 Å². The Balaban J connectivity index is 1.54. The molecule has 8 heteroatoms. The highest BCUT2D eigenvalue weighted by molar-refractivity contribution is 6.22. The third-order valence-corrected chi connectivity index (χ3v) is 5.74. The zero-order chi connectivity index (χ0) is 22.3. The topological polar surface area (TPSA) is 66.5 Å². The van der Waals surface area contributed by atoms with Gasteiger partial charge in [0.15, 0.2) is 0 Å². The average Bonchev–Trinajstić information content (AvgIpc) is 2.99. The second-order valence-electron chi connectivity index (χ2n) is 7.71. The van der Waals surface area contributed by atoms with Gasteiger partial charge in [-0.25, -0.2) is 0 Å². The van der Waals surface area contributed by atoms with Crippen molar-refractivity contribution >= 4 is 29.1 Å². The van der Waals surface area contributed by atoms with E-state index in [1.165, 1.54) is 42.5 Å². The van der Waals surface area contributed by atoms with Gasteiger partial charge in [0.1, 0.15) is 0 Å². The number of nitrogens with one attached hydrogen (secondary N) is 1. The summed E-state index contributed by atoms with van der Waals surface area (Å²) in [5.74, 6) is -2.12. The van der Waals surface area contributed by atoms with Crippen molar-refractivity contribution in [3.8, 4) is 0 Å². The van der Waals surface area contributed by atoms with E-state index in [-0.39, 0.29) is 29.0 Å². The molecule has 0 aromatic heterocycles. The molecule has 3 amide bonds. The van der Waals surface area contributed by atoms with Gasteiger partial charge in [0, 0.05) is 5.56 Å². The zero-order valence-electron chi connectivity index (χ0n) is 16.5. The lowest BCUT2D eigenvalue weighted by atomic mass is 9.78. The van der Waals surface area contributed by atoms with Crippen LogP contribution in [0.25, 0.3) is 0 Å². The number of carbonyl (C=O) groups is 3. The van der Waals surface area contributed by atoms with Gasteiger partial charge in [-0.15, -0.1) is 0 Å². The van der Waals surface area contributed by atoms with Crippen LogP contribution in [0.4, 0.5) is 24.5 Å². The van der Waals surface area contributed by atoms with Crippen LogP contribution in [-0.2, 0) is 15.8 Å². The number of rotatable bonds is 3. The normalized spacial score (nSPS) is 23.1. The van der Waals surface area contributed by atoms with Crippen LogP contribution in [0.1, 0.15) is 29.3 Å². The van der Waals surface area contributed by atoms with Crippen LogP contribution in [0.2, 0.25) is 0 Å². The van der Waals surface area contributed by atoms with E-state index < -0.39 is 29.5 Å². The van der Waals surface area contributed by atoms with Gasteiger partial charge in [-0.3, -0.25) is 19.3 Å². The summed E-state index contributed by atoms with van der Waals surface area (Å²) in [7, 11) is 0. The van der Waals surface area contributed by atoms with Gasteiger partial charge in [0.25, 0.3) is 5.91 Å². The first kappa shape index (κ1) is 20.8. The summed E-state index contributed by atoms with van der Waals surface area (Å²) < 4.78 is 39.4. The number of alkyl halides is 3. The first-order valence-corrected chi connectivity index (χ1v) is 9.80. The molecule has 31 heavy (non-hydrogen) atoms. The number of para-hydroxylation sites is 1. The highest BCUT2D eigenvalue weighted by atomic mass is 19.4. The van der Waals surface area contributed by atoms with Crippen molar-refractivity contribution < 1.29 is 27.6 Å².